The molecule has 0 spiro atoms. The average molecular weight is 412 g/mol. The molecule has 0 aliphatic heterocycles. The van der Waals surface area contributed by atoms with Gasteiger partial charge in [-0.15, -0.1) is 0 Å². The first-order valence-electron chi connectivity index (χ1n) is 11.2. The van der Waals surface area contributed by atoms with Crippen LogP contribution >= 0.6 is 0 Å². The van der Waals surface area contributed by atoms with Crippen LogP contribution in [0.25, 0.3) is 33.0 Å². The molecule has 1 nitrogen and oxygen atoms in total. The molecule has 1 aliphatic rings. The molecule has 0 heterocycles. The predicted octanol–water partition coefficient (Wildman–Crippen LogP) is 8.56. The van der Waals surface area contributed by atoms with E-state index in [0.717, 1.165) is 11.4 Å². The van der Waals surface area contributed by atoms with Gasteiger partial charge < -0.3 is 5.32 Å². The minimum Gasteiger partial charge on any atom is -0.355 e. The van der Waals surface area contributed by atoms with Crippen LogP contribution < -0.4 is 5.32 Å². The third-order valence-corrected chi connectivity index (χ3v) is 6.80. The highest BCUT2D eigenvalue weighted by atomic mass is 14.9. The molecule has 0 saturated heterocycles. The minimum absolute atomic E-state index is 0.0451. The van der Waals surface area contributed by atoms with E-state index in [4.69, 9.17) is 0 Å². The van der Waals surface area contributed by atoms with Crippen LogP contribution in [-0.4, -0.2) is 0 Å². The van der Waals surface area contributed by atoms with Crippen molar-refractivity contribution in [1.82, 2.24) is 0 Å². The molecule has 32 heavy (non-hydrogen) atoms. The second kappa shape index (κ2) is 7.10. The molecule has 0 unspecified atom stereocenters. The Hall–Kier alpha value is -3.84. The molecule has 0 aromatic heterocycles. The Morgan fingerprint density at radius 1 is 0.531 bits per heavy atom. The highest BCUT2D eigenvalue weighted by Crippen LogP contribution is 2.53. The van der Waals surface area contributed by atoms with Crippen molar-refractivity contribution in [2.75, 3.05) is 5.32 Å². The Morgan fingerprint density at radius 3 is 2.09 bits per heavy atom. The SMILES string of the molecule is CC1(C)c2ccccc2-c2c(-c3ccccc3)cc(Nc3ccc4ccccc4c3)cc21. The number of fused-ring (bicyclic) bond motifs is 4. The fraction of sp³-hybridized carbons (Fsp3) is 0.0968. The monoisotopic (exact) mass is 411 g/mol. The summed E-state index contributed by atoms with van der Waals surface area (Å²) in [4.78, 5) is 0. The molecule has 5 aromatic rings. The van der Waals surface area contributed by atoms with Gasteiger partial charge >= 0.3 is 0 Å². The molecule has 0 radical (unpaired) electrons. The Bertz CT molecular complexity index is 1460. The van der Waals surface area contributed by atoms with Crippen LogP contribution in [0.3, 0.4) is 0 Å². The molecule has 0 atom stereocenters. The van der Waals surface area contributed by atoms with Crippen LogP contribution in [0, 0.1) is 0 Å². The second-order valence-electron chi connectivity index (χ2n) is 9.17. The molecule has 0 saturated carbocycles. The highest BCUT2D eigenvalue weighted by Gasteiger charge is 2.37. The first-order valence-corrected chi connectivity index (χ1v) is 11.2. The standard InChI is InChI=1S/C31H25N/c1-31(2)28-15-9-8-14-26(28)30-27(22-11-4-3-5-12-22)19-25(20-29(30)31)32-24-17-16-21-10-6-7-13-23(21)18-24/h3-20,32H,1-2H3. The van der Waals surface area contributed by atoms with E-state index in [1.807, 2.05) is 0 Å². The zero-order valence-corrected chi connectivity index (χ0v) is 18.4. The van der Waals surface area contributed by atoms with Crippen LogP contribution in [0.1, 0.15) is 25.0 Å². The van der Waals surface area contributed by atoms with Crippen LogP contribution in [0.15, 0.2) is 109 Å². The van der Waals surface area contributed by atoms with Gasteiger partial charge in [-0.1, -0.05) is 98.8 Å². The first-order chi connectivity index (χ1) is 15.6. The highest BCUT2D eigenvalue weighted by molar-refractivity contribution is 5.95. The van der Waals surface area contributed by atoms with E-state index in [1.165, 1.54) is 44.2 Å². The molecule has 0 bridgehead atoms. The van der Waals surface area contributed by atoms with Gasteiger partial charge in [0.1, 0.15) is 0 Å². The predicted molar refractivity (Wildman–Crippen MR) is 137 cm³/mol. The number of benzene rings is 5. The summed E-state index contributed by atoms with van der Waals surface area (Å²) in [7, 11) is 0. The number of nitrogens with one attached hydrogen (secondary N) is 1. The molecule has 1 aliphatic carbocycles. The lowest BCUT2D eigenvalue weighted by molar-refractivity contribution is 0.661. The average Bonchev–Trinajstić information content (AvgIpc) is 3.06. The summed E-state index contributed by atoms with van der Waals surface area (Å²) in [6, 6.07) is 39.3. The summed E-state index contributed by atoms with van der Waals surface area (Å²) in [5.41, 5.74) is 10.2. The molecule has 0 amide bonds. The van der Waals surface area contributed by atoms with Crippen molar-refractivity contribution in [2.45, 2.75) is 19.3 Å². The zero-order valence-electron chi connectivity index (χ0n) is 18.4. The number of hydrogen-bond donors (Lipinski definition) is 1. The van der Waals surface area contributed by atoms with Crippen molar-refractivity contribution >= 4 is 22.1 Å². The Balaban J connectivity index is 1.54. The fourth-order valence-electron chi connectivity index (χ4n) is 5.17. The molecule has 154 valence electrons. The maximum Gasteiger partial charge on any atom is 0.0393 e. The molecule has 6 rings (SSSR count). The maximum atomic E-state index is 3.70. The summed E-state index contributed by atoms with van der Waals surface area (Å²) in [5.74, 6) is 0. The molecular weight excluding hydrogens is 386 g/mol. The van der Waals surface area contributed by atoms with E-state index in [-0.39, 0.29) is 5.41 Å². The van der Waals surface area contributed by atoms with Crippen LogP contribution in [-0.2, 0) is 5.41 Å². The van der Waals surface area contributed by atoms with Crippen molar-refractivity contribution in [3.63, 3.8) is 0 Å². The largest absolute Gasteiger partial charge is 0.355 e. The van der Waals surface area contributed by atoms with Gasteiger partial charge in [-0.2, -0.15) is 0 Å². The van der Waals surface area contributed by atoms with E-state index < -0.39 is 0 Å². The van der Waals surface area contributed by atoms with E-state index in [9.17, 15) is 0 Å². The third kappa shape index (κ3) is 2.93. The van der Waals surface area contributed by atoms with Crippen molar-refractivity contribution < 1.29 is 0 Å². The number of rotatable bonds is 3. The lowest BCUT2D eigenvalue weighted by Crippen LogP contribution is -2.15. The quantitative estimate of drug-likeness (QED) is 0.313. The normalized spacial score (nSPS) is 13.6. The summed E-state index contributed by atoms with van der Waals surface area (Å²) in [6.45, 7) is 4.68. The molecular formula is C31H25N. The van der Waals surface area contributed by atoms with Crippen molar-refractivity contribution in [2.24, 2.45) is 0 Å². The van der Waals surface area contributed by atoms with Gasteiger partial charge in [0.05, 0.1) is 0 Å². The molecule has 1 N–H and O–H groups in total. The Labute approximate surface area is 189 Å². The van der Waals surface area contributed by atoms with Crippen LogP contribution in [0.5, 0.6) is 0 Å². The fourth-order valence-corrected chi connectivity index (χ4v) is 5.17. The summed E-state index contributed by atoms with van der Waals surface area (Å²) in [5, 5.41) is 6.20. The lowest BCUT2D eigenvalue weighted by Gasteiger charge is -2.23. The van der Waals surface area contributed by atoms with E-state index in [0.29, 0.717) is 0 Å². The molecule has 1 heteroatoms. The van der Waals surface area contributed by atoms with Crippen LogP contribution in [0.2, 0.25) is 0 Å². The van der Waals surface area contributed by atoms with Gasteiger partial charge in [0.2, 0.25) is 0 Å². The smallest absolute Gasteiger partial charge is 0.0393 e. The topological polar surface area (TPSA) is 12.0 Å². The van der Waals surface area contributed by atoms with Gasteiger partial charge in [0.25, 0.3) is 0 Å². The maximum absolute atomic E-state index is 3.70. The second-order valence-corrected chi connectivity index (χ2v) is 9.17. The number of hydrogen-bond acceptors (Lipinski definition) is 1. The van der Waals surface area contributed by atoms with Crippen LogP contribution in [0.4, 0.5) is 11.4 Å². The number of anilines is 2. The van der Waals surface area contributed by atoms with Gasteiger partial charge in [0, 0.05) is 16.8 Å². The summed E-state index contributed by atoms with van der Waals surface area (Å²) >= 11 is 0. The van der Waals surface area contributed by atoms with E-state index >= 15 is 0 Å². The Morgan fingerprint density at radius 2 is 1.25 bits per heavy atom. The summed E-state index contributed by atoms with van der Waals surface area (Å²) in [6.07, 6.45) is 0. The van der Waals surface area contributed by atoms with Gasteiger partial charge in [-0.05, 0) is 68.4 Å². The molecule has 5 aromatic carbocycles. The van der Waals surface area contributed by atoms with Gasteiger partial charge in [-0.3, -0.25) is 0 Å². The van der Waals surface area contributed by atoms with Crippen molar-refractivity contribution in [3.05, 3.63) is 120 Å². The van der Waals surface area contributed by atoms with Gasteiger partial charge in [-0.25, -0.2) is 0 Å². The first kappa shape index (κ1) is 18.9. The molecule has 0 fully saturated rings. The van der Waals surface area contributed by atoms with Crippen molar-refractivity contribution in [3.8, 4) is 22.3 Å². The minimum atomic E-state index is -0.0451. The van der Waals surface area contributed by atoms with Gasteiger partial charge in [0.15, 0.2) is 0 Å². The van der Waals surface area contributed by atoms with E-state index in [1.54, 1.807) is 0 Å². The third-order valence-electron chi connectivity index (χ3n) is 6.80. The Kier molecular flexibility index (Phi) is 4.19. The van der Waals surface area contributed by atoms with Crippen molar-refractivity contribution in [1.29, 1.82) is 0 Å². The zero-order chi connectivity index (χ0) is 21.7. The summed E-state index contributed by atoms with van der Waals surface area (Å²) < 4.78 is 0. The lowest BCUT2D eigenvalue weighted by atomic mass is 9.81. The van der Waals surface area contributed by atoms with E-state index in [2.05, 4.69) is 128 Å².